The number of nitrogens with zero attached hydrogens (tertiary/aromatic N) is 1. The molecular formula is C18H36N2O3. The number of amides is 1. The van der Waals surface area contributed by atoms with Gasteiger partial charge in [0.05, 0.1) is 0 Å². The molecule has 0 aliphatic heterocycles. The zero-order chi connectivity index (χ0) is 17.7. The second kappa shape index (κ2) is 8.34. The van der Waals surface area contributed by atoms with Crippen molar-refractivity contribution in [2.24, 2.45) is 5.41 Å². The molecule has 0 aromatic rings. The Morgan fingerprint density at radius 1 is 1.22 bits per heavy atom. The highest BCUT2D eigenvalue weighted by atomic mass is 16.6. The Kier molecular flexibility index (Phi) is 7.33. The van der Waals surface area contributed by atoms with Gasteiger partial charge < -0.3 is 20.1 Å². The Balaban J connectivity index is 2.39. The molecule has 1 unspecified atom stereocenters. The minimum atomic E-state index is -0.445. The molecule has 0 heterocycles. The van der Waals surface area contributed by atoms with Gasteiger partial charge in [-0.3, -0.25) is 0 Å². The summed E-state index contributed by atoms with van der Waals surface area (Å²) in [5.74, 6) is 0. The Labute approximate surface area is 141 Å². The van der Waals surface area contributed by atoms with Crippen LogP contribution in [0.15, 0.2) is 0 Å². The summed E-state index contributed by atoms with van der Waals surface area (Å²) in [6, 6.07) is 0.744. The molecule has 1 aliphatic rings. The van der Waals surface area contributed by atoms with Gasteiger partial charge in [-0.15, -0.1) is 0 Å². The van der Waals surface area contributed by atoms with Crippen LogP contribution in [-0.2, 0) is 4.74 Å². The van der Waals surface area contributed by atoms with E-state index in [4.69, 9.17) is 4.74 Å². The Morgan fingerprint density at radius 2 is 1.78 bits per heavy atom. The third-order valence-corrected chi connectivity index (χ3v) is 4.98. The van der Waals surface area contributed by atoms with Crippen molar-refractivity contribution in [3.63, 3.8) is 0 Å². The third kappa shape index (κ3) is 6.68. The molecule has 1 amide bonds. The Morgan fingerprint density at radius 3 is 2.22 bits per heavy atom. The van der Waals surface area contributed by atoms with Gasteiger partial charge in [0, 0.05) is 37.7 Å². The second-order valence-corrected chi connectivity index (χ2v) is 8.30. The lowest BCUT2D eigenvalue weighted by molar-refractivity contribution is 0.0177. The van der Waals surface area contributed by atoms with Gasteiger partial charge in [-0.25, -0.2) is 4.79 Å². The van der Waals surface area contributed by atoms with Crippen LogP contribution in [0.4, 0.5) is 4.79 Å². The average Bonchev–Trinajstić information content (AvgIpc) is 2.50. The topological polar surface area (TPSA) is 61.8 Å². The van der Waals surface area contributed by atoms with E-state index in [2.05, 4.69) is 19.2 Å². The molecule has 136 valence electrons. The SMILES string of the molecule is CCC(C)(CO)CNC1CCC(N(C)C(=O)OC(C)(C)C)CC1. The number of carbonyl (C=O) groups is 1. The van der Waals surface area contributed by atoms with Gasteiger partial charge in [-0.05, 0) is 52.9 Å². The van der Waals surface area contributed by atoms with Crippen molar-refractivity contribution in [2.45, 2.75) is 84.4 Å². The molecule has 5 nitrogen and oxygen atoms in total. The highest BCUT2D eigenvalue weighted by molar-refractivity contribution is 5.68. The molecule has 5 heteroatoms. The Bertz CT molecular complexity index is 367. The van der Waals surface area contributed by atoms with Crippen molar-refractivity contribution in [3.8, 4) is 0 Å². The van der Waals surface area contributed by atoms with Gasteiger partial charge >= 0.3 is 6.09 Å². The molecule has 1 saturated carbocycles. The first kappa shape index (κ1) is 20.2. The molecule has 23 heavy (non-hydrogen) atoms. The van der Waals surface area contributed by atoms with Gasteiger partial charge in [-0.2, -0.15) is 0 Å². The van der Waals surface area contributed by atoms with Crippen molar-refractivity contribution in [1.29, 1.82) is 0 Å². The zero-order valence-corrected chi connectivity index (χ0v) is 15.8. The number of carbonyl (C=O) groups excluding carboxylic acids is 1. The molecule has 2 N–H and O–H groups in total. The number of hydrogen-bond acceptors (Lipinski definition) is 4. The van der Waals surface area contributed by atoms with Crippen LogP contribution in [0.25, 0.3) is 0 Å². The number of aliphatic hydroxyl groups excluding tert-OH is 1. The summed E-state index contributed by atoms with van der Waals surface area (Å²) in [5, 5.41) is 13.1. The fourth-order valence-corrected chi connectivity index (χ4v) is 2.83. The van der Waals surface area contributed by atoms with E-state index in [1.807, 2.05) is 27.8 Å². The summed E-state index contributed by atoms with van der Waals surface area (Å²) >= 11 is 0. The van der Waals surface area contributed by atoms with E-state index in [1.165, 1.54) is 0 Å². The average molecular weight is 328 g/mol. The summed E-state index contributed by atoms with van der Waals surface area (Å²) in [6.45, 7) is 11.0. The number of aliphatic hydroxyl groups is 1. The summed E-state index contributed by atoms with van der Waals surface area (Å²) < 4.78 is 5.44. The molecule has 0 aromatic heterocycles. The van der Waals surface area contributed by atoms with Gasteiger partial charge in [0.25, 0.3) is 0 Å². The van der Waals surface area contributed by atoms with E-state index in [-0.39, 0.29) is 24.2 Å². The molecule has 1 aliphatic carbocycles. The minimum Gasteiger partial charge on any atom is -0.444 e. The lowest BCUT2D eigenvalue weighted by Crippen LogP contribution is -2.46. The molecular weight excluding hydrogens is 292 g/mol. The van der Waals surface area contributed by atoms with Gasteiger partial charge in [0.15, 0.2) is 0 Å². The van der Waals surface area contributed by atoms with Crippen LogP contribution in [0, 0.1) is 5.41 Å². The van der Waals surface area contributed by atoms with Crippen LogP contribution in [0.1, 0.15) is 66.7 Å². The lowest BCUT2D eigenvalue weighted by Gasteiger charge is -2.37. The lowest BCUT2D eigenvalue weighted by atomic mass is 9.86. The normalized spacial score (nSPS) is 24.8. The summed E-state index contributed by atoms with van der Waals surface area (Å²) in [5.41, 5.74) is -0.483. The van der Waals surface area contributed by atoms with Crippen molar-refractivity contribution in [1.82, 2.24) is 10.2 Å². The van der Waals surface area contributed by atoms with E-state index in [1.54, 1.807) is 4.90 Å². The van der Waals surface area contributed by atoms with Crippen molar-refractivity contribution >= 4 is 6.09 Å². The minimum absolute atomic E-state index is 0.0375. The molecule has 1 atom stereocenters. The van der Waals surface area contributed by atoms with Crippen molar-refractivity contribution in [2.75, 3.05) is 20.2 Å². The van der Waals surface area contributed by atoms with E-state index < -0.39 is 5.60 Å². The molecule has 0 radical (unpaired) electrons. The fraction of sp³-hybridized carbons (Fsp3) is 0.944. The first-order valence-electron chi connectivity index (χ1n) is 8.90. The largest absolute Gasteiger partial charge is 0.444 e. The summed E-state index contributed by atoms with van der Waals surface area (Å²) in [7, 11) is 1.84. The van der Waals surface area contributed by atoms with Crippen LogP contribution in [-0.4, -0.2) is 54.0 Å². The smallest absolute Gasteiger partial charge is 0.410 e. The van der Waals surface area contributed by atoms with E-state index in [0.29, 0.717) is 6.04 Å². The molecule has 0 saturated heterocycles. The maximum atomic E-state index is 12.1. The molecule has 1 rings (SSSR count). The summed E-state index contributed by atoms with van der Waals surface area (Å²) in [6.07, 6.45) is 4.84. The predicted octanol–water partition coefficient (Wildman–Crippen LogP) is 3.16. The quantitative estimate of drug-likeness (QED) is 0.786. The molecule has 0 aromatic carbocycles. The van der Waals surface area contributed by atoms with Crippen LogP contribution in [0.3, 0.4) is 0 Å². The number of hydrogen-bond donors (Lipinski definition) is 2. The standard InChI is InChI=1S/C18H36N2O3/c1-7-18(5,13-21)12-19-14-8-10-15(11-9-14)20(6)16(22)23-17(2,3)4/h14-15,19,21H,7-13H2,1-6H3. The zero-order valence-electron chi connectivity index (χ0n) is 15.8. The molecule has 1 fully saturated rings. The van der Waals surface area contributed by atoms with E-state index >= 15 is 0 Å². The maximum absolute atomic E-state index is 12.1. The predicted molar refractivity (Wildman–Crippen MR) is 93.5 cm³/mol. The number of rotatable bonds is 6. The van der Waals surface area contributed by atoms with Gasteiger partial charge in [-0.1, -0.05) is 13.8 Å². The monoisotopic (exact) mass is 328 g/mol. The second-order valence-electron chi connectivity index (χ2n) is 8.30. The first-order chi connectivity index (χ1) is 10.6. The van der Waals surface area contributed by atoms with Crippen LogP contribution >= 0.6 is 0 Å². The number of ether oxygens (including phenoxy) is 1. The van der Waals surface area contributed by atoms with Crippen LogP contribution < -0.4 is 5.32 Å². The van der Waals surface area contributed by atoms with Gasteiger partial charge in [0.2, 0.25) is 0 Å². The fourth-order valence-electron chi connectivity index (χ4n) is 2.83. The highest BCUT2D eigenvalue weighted by Gasteiger charge is 2.30. The first-order valence-corrected chi connectivity index (χ1v) is 8.90. The van der Waals surface area contributed by atoms with E-state index in [9.17, 15) is 9.90 Å². The maximum Gasteiger partial charge on any atom is 0.410 e. The summed E-state index contributed by atoms with van der Waals surface area (Å²) in [4.78, 5) is 13.9. The van der Waals surface area contributed by atoms with Gasteiger partial charge in [0.1, 0.15) is 5.60 Å². The number of nitrogens with one attached hydrogen (secondary N) is 1. The van der Waals surface area contributed by atoms with Crippen molar-refractivity contribution in [3.05, 3.63) is 0 Å². The Hall–Kier alpha value is -0.810. The third-order valence-electron chi connectivity index (χ3n) is 4.98. The molecule has 0 spiro atoms. The van der Waals surface area contributed by atoms with Crippen LogP contribution in [0.2, 0.25) is 0 Å². The van der Waals surface area contributed by atoms with Crippen LogP contribution in [0.5, 0.6) is 0 Å². The highest BCUT2D eigenvalue weighted by Crippen LogP contribution is 2.25. The van der Waals surface area contributed by atoms with Crippen molar-refractivity contribution < 1.29 is 14.6 Å². The van der Waals surface area contributed by atoms with E-state index in [0.717, 1.165) is 38.6 Å². The molecule has 0 bridgehead atoms.